The number of amides is 1. The Morgan fingerprint density at radius 2 is 1.77 bits per heavy atom. The molecular weight excluding hydrogens is 412 g/mol. The van der Waals surface area contributed by atoms with Gasteiger partial charge in [-0.05, 0) is 41.5 Å². The quantitative estimate of drug-likeness (QED) is 0.402. The zero-order valence-electron chi connectivity index (χ0n) is 17.1. The third-order valence-corrected chi connectivity index (χ3v) is 5.53. The molecule has 1 heterocycles. The van der Waals surface area contributed by atoms with E-state index in [1.54, 1.807) is 19.2 Å². The van der Waals surface area contributed by atoms with Crippen molar-refractivity contribution in [3.05, 3.63) is 95.1 Å². The Bertz CT molecular complexity index is 1170. The van der Waals surface area contributed by atoms with Crippen LogP contribution in [0.15, 0.2) is 79.0 Å². The molecule has 0 aliphatic rings. The summed E-state index contributed by atoms with van der Waals surface area (Å²) in [6, 6.07) is 23.1. The molecule has 31 heavy (non-hydrogen) atoms. The van der Waals surface area contributed by atoms with E-state index < -0.39 is 0 Å². The molecule has 3 aromatic carbocycles. The molecule has 6 heteroatoms. The van der Waals surface area contributed by atoms with Crippen molar-refractivity contribution >= 4 is 28.4 Å². The summed E-state index contributed by atoms with van der Waals surface area (Å²) in [6.45, 7) is 0.325. The predicted octanol–water partition coefficient (Wildman–Crippen LogP) is 5.16. The molecule has 1 aromatic heterocycles. The molecule has 0 bridgehead atoms. The zero-order chi connectivity index (χ0) is 21.6. The Kier molecular flexibility index (Phi) is 6.43. The minimum Gasteiger partial charge on any atom is -0.497 e. The fourth-order valence-corrected chi connectivity index (χ4v) is 3.79. The minimum absolute atomic E-state index is 0.0358. The van der Waals surface area contributed by atoms with Crippen LogP contribution in [0.1, 0.15) is 17.0 Å². The molecule has 0 saturated carbocycles. The molecule has 0 radical (unpaired) electrons. The number of para-hydroxylation sites is 2. The van der Waals surface area contributed by atoms with Gasteiger partial charge in [-0.2, -0.15) is 0 Å². The largest absolute Gasteiger partial charge is 0.497 e. The highest BCUT2D eigenvalue weighted by Gasteiger charge is 2.19. The summed E-state index contributed by atoms with van der Waals surface area (Å²) in [5.41, 5.74) is 3.26. The third-order valence-electron chi connectivity index (χ3n) is 5.21. The number of aromatic amines is 1. The molecule has 0 spiro atoms. The van der Waals surface area contributed by atoms with Crippen LogP contribution in [0, 0.1) is 0 Å². The molecule has 0 saturated heterocycles. The number of nitrogens with one attached hydrogen (secondary N) is 2. The first kappa shape index (κ1) is 20.8. The molecule has 1 atom stereocenters. The lowest BCUT2D eigenvalue weighted by molar-refractivity contribution is -0.123. The monoisotopic (exact) mass is 434 g/mol. The Balaban J connectivity index is 1.52. The third kappa shape index (κ3) is 4.84. The Morgan fingerprint density at radius 1 is 1.03 bits per heavy atom. The van der Waals surface area contributed by atoms with Crippen LogP contribution in [0.5, 0.6) is 11.5 Å². The summed E-state index contributed by atoms with van der Waals surface area (Å²) >= 11 is 6.09. The van der Waals surface area contributed by atoms with Gasteiger partial charge in [-0.25, -0.2) is 0 Å². The van der Waals surface area contributed by atoms with Gasteiger partial charge in [0.2, 0.25) is 0 Å². The van der Waals surface area contributed by atoms with Crippen molar-refractivity contribution in [2.24, 2.45) is 0 Å². The van der Waals surface area contributed by atoms with Gasteiger partial charge in [0, 0.05) is 29.6 Å². The van der Waals surface area contributed by atoms with Crippen LogP contribution in [-0.2, 0) is 4.79 Å². The molecule has 158 valence electrons. The smallest absolute Gasteiger partial charge is 0.257 e. The van der Waals surface area contributed by atoms with E-state index in [1.165, 1.54) is 0 Å². The number of carbonyl (C=O) groups is 1. The standard InChI is InChI=1S/C25H23ClN2O3/c1-30-18-12-10-17(11-13-18)20(21-15-27-23-8-4-2-6-19(21)23)14-28-25(29)16-31-24-9-5-3-7-22(24)26/h2-13,15,20,27H,14,16H2,1H3,(H,28,29)/t20-/m1/s1. The van der Waals surface area contributed by atoms with Gasteiger partial charge in [-0.15, -0.1) is 0 Å². The topological polar surface area (TPSA) is 63.4 Å². The van der Waals surface area contributed by atoms with Gasteiger partial charge in [0.1, 0.15) is 11.5 Å². The Hall–Kier alpha value is -3.44. The van der Waals surface area contributed by atoms with E-state index >= 15 is 0 Å². The van der Waals surface area contributed by atoms with E-state index in [4.69, 9.17) is 21.1 Å². The average molecular weight is 435 g/mol. The van der Waals surface area contributed by atoms with Crippen molar-refractivity contribution in [1.29, 1.82) is 0 Å². The lowest BCUT2D eigenvalue weighted by Gasteiger charge is -2.19. The summed E-state index contributed by atoms with van der Waals surface area (Å²) in [5.74, 6) is 1.03. The van der Waals surface area contributed by atoms with Crippen LogP contribution < -0.4 is 14.8 Å². The number of aromatic nitrogens is 1. The molecule has 2 N–H and O–H groups in total. The van der Waals surface area contributed by atoms with Crippen LogP contribution in [0.4, 0.5) is 0 Å². The van der Waals surface area contributed by atoms with Crippen molar-refractivity contribution in [3.63, 3.8) is 0 Å². The number of fused-ring (bicyclic) bond motifs is 1. The van der Waals surface area contributed by atoms with E-state index in [9.17, 15) is 4.79 Å². The van der Waals surface area contributed by atoms with Gasteiger partial charge < -0.3 is 19.8 Å². The van der Waals surface area contributed by atoms with Crippen LogP contribution in [0.25, 0.3) is 10.9 Å². The number of ether oxygens (including phenoxy) is 2. The van der Waals surface area contributed by atoms with E-state index in [1.807, 2.05) is 60.8 Å². The highest BCUT2D eigenvalue weighted by atomic mass is 35.5. The van der Waals surface area contributed by atoms with Gasteiger partial charge in [0.25, 0.3) is 5.91 Å². The van der Waals surface area contributed by atoms with E-state index in [2.05, 4.69) is 16.4 Å². The van der Waals surface area contributed by atoms with E-state index in [-0.39, 0.29) is 18.4 Å². The molecule has 5 nitrogen and oxygen atoms in total. The van der Waals surface area contributed by atoms with E-state index in [0.29, 0.717) is 17.3 Å². The Morgan fingerprint density at radius 3 is 2.55 bits per heavy atom. The van der Waals surface area contributed by atoms with Gasteiger partial charge >= 0.3 is 0 Å². The van der Waals surface area contributed by atoms with E-state index in [0.717, 1.165) is 27.8 Å². The summed E-state index contributed by atoms with van der Waals surface area (Å²) in [6.07, 6.45) is 2.01. The molecule has 4 rings (SSSR count). The van der Waals surface area contributed by atoms with Crippen molar-refractivity contribution < 1.29 is 14.3 Å². The molecule has 1 amide bonds. The fourth-order valence-electron chi connectivity index (χ4n) is 3.60. The molecule has 0 unspecified atom stereocenters. The first-order valence-corrected chi connectivity index (χ1v) is 10.4. The molecular formula is C25H23ClN2O3. The minimum atomic E-state index is -0.210. The number of hydrogen-bond acceptors (Lipinski definition) is 3. The number of rotatable bonds is 8. The van der Waals surface area contributed by atoms with Crippen molar-refractivity contribution in [1.82, 2.24) is 10.3 Å². The van der Waals surface area contributed by atoms with Crippen molar-refractivity contribution in [2.45, 2.75) is 5.92 Å². The van der Waals surface area contributed by atoms with Crippen LogP contribution >= 0.6 is 11.6 Å². The maximum atomic E-state index is 12.5. The van der Waals surface area contributed by atoms with Crippen LogP contribution in [0.3, 0.4) is 0 Å². The molecule has 0 aliphatic heterocycles. The maximum absolute atomic E-state index is 12.5. The zero-order valence-corrected chi connectivity index (χ0v) is 17.9. The second-order valence-electron chi connectivity index (χ2n) is 7.14. The summed E-state index contributed by atoms with van der Waals surface area (Å²) in [7, 11) is 1.64. The van der Waals surface area contributed by atoms with Crippen molar-refractivity contribution in [2.75, 3.05) is 20.3 Å². The average Bonchev–Trinajstić information content (AvgIpc) is 3.23. The second kappa shape index (κ2) is 9.58. The second-order valence-corrected chi connectivity index (χ2v) is 7.55. The van der Waals surface area contributed by atoms with Gasteiger partial charge in [-0.1, -0.05) is 54.1 Å². The fraction of sp³-hybridized carbons (Fsp3) is 0.160. The SMILES string of the molecule is COc1ccc([C@@H](CNC(=O)COc2ccccc2Cl)c2c[nH]c3ccccc23)cc1. The number of hydrogen-bond donors (Lipinski definition) is 2. The highest BCUT2D eigenvalue weighted by molar-refractivity contribution is 6.32. The van der Waals surface area contributed by atoms with Gasteiger partial charge in [0.15, 0.2) is 6.61 Å². The number of halogens is 1. The van der Waals surface area contributed by atoms with Crippen molar-refractivity contribution in [3.8, 4) is 11.5 Å². The normalized spacial score (nSPS) is 11.8. The highest BCUT2D eigenvalue weighted by Crippen LogP contribution is 2.31. The van der Waals surface area contributed by atoms with Gasteiger partial charge in [0.05, 0.1) is 12.1 Å². The first-order valence-electron chi connectivity index (χ1n) is 9.99. The molecule has 0 fully saturated rings. The summed E-state index contributed by atoms with van der Waals surface area (Å²) in [5, 5.41) is 4.61. The van der Waals surface area contributed by atoms with Gasteiger partial charge in [-0.3, -0.25) is 4.79 Å². The summed E-state index contributed by atoms with van der Waals surface area (Å²) in [4.78, 5) is 15.8. The number of methoxy groups -OCH3 is 1. The molecule has 0 aliphatic carbocycles. The Labute approximate surface area is 186 Å². The summed E-state index contributed by atoms with van der Waals surface area (Å²) < 4.78 is 10.8. The maximum Gasteiger partial charge on any atom is 0.257 e. The predicted molar refractivity (Wildman–Crippen MR) is 123 cm³/mol. The first-order chi connectivity index (χ1) is 15.2. The van der Waals surface area contributed by atoms with Crippen LogP contribution in [-0.4, -0.2) is 31.2 Å². The molecule has 4 aromatic rings. The number of H-pyrrole nitrogens is 1. The number of carbonyl (C=O) groups excluding carboxylic acids is 1. The number of benzene rings is 3. The lowest BCUT2D eigenvalue weighted by atomic mass is 9.91. The lowest BCUT2D eigenvalue weighted by Crippen LogP contribution is -2.32. The van der Waals surface area contributed by atoms with Crippen LogP contribution in [0.2, 0.25) is 5.02 Å².